The Morgan fingerprint density at radius 2 is 1.71 bits per heavy atom. The third-order valence-electron chi connectivity index (χ3n) is 3.63. The molecule has 114 valence electrons. The molecular formula is C18H23BrO2. The zero-order chi connectivity index (χ0) is 15.1. The molecule has 0 aromatic heterocycles. The van der Waals surface area contributed by atoms with Crippen molar-refractivity contribution in [2.45, 2.75) is 32.6 Å². The molecule has 0 N–H and O–H groups in total. The first kappa shape index (κ1) is 16.2. The first-order valence-electron chi connectivity index (χ1n) is 7.53. The minimum Gasteiger partial charge on any atom is -0.496 e. The van der Waals surface area contributed by atoms with Crippen LogP contribution < -0.4 is 9.47 Å². The lowest BCUT2D eigenvalue weighted by Gasteiger charge is -2.14. The molecule has 0 aliphatic carbocycles. The number of hydrogen-bond donors (Lipinski definition) is 0. The van der Waals surface area contributed by atoms with Gasteiger partial charge in [0.05, 0.1) is 13.7 Å². The molecule has 0 saturated carbocycles. The van der Waals surface area contributed by atoms with Crippen LogP contribution in [0.15, 0.2) is 30.3 Å². The van der Waals surface area contributed by atoms with E-state index in [0.29, 0.717) is 0 Å². The van der Waals surface area contributed by atoms with Gasteiger partial charge in [-0.15, -0.1) is 0 Å². The van der Waals surface area contributed by atoms with E-state index >= 15 is 0 Å². The van der Waals surface area contributed by atoms with Crippen molar-refractivity contribution in [1.82, 2.24) is 0 Å². The van der Waals surface area contributed by atoms with Gasteiger partial charge >= 0.3 is 0 Å². The molecule has 0 amide bonds. The maximum absolute atomic E-state index is 6.01. The van der Waals surface area contributed by atoms with Gasteiger partial charge in [-0.25, -0.2) is 0 Å². The van der Waals surface area contributed by atoms with Crippen LogP contribution in [-0.4, -0.2) is 19.0 Å². The second-order valence-corrected chi connectivity index (χ2v) is 6.02. The summed E-state index contributed by atoms with van der Waals surface area (Å²) in [6.45, 7) is 2.84. The third-order valence-corrected chi connectivity index (χ3v) is 4.19. The molecular weight excluding hydrogens is 328 g/mol. The Hall–Kier alpha value is -1.22. The topological polar surface area (TPSA) is 18.5 Å². The number of rotatable bonds is 8. The highest BCUT2D eigenvalue weighted by atomic mass is 79.9. The average molecular weight is 351 g/mol. The Kier molecular flexibility index (Phi) is 6.37. The maximum Gasteiger partial charge on any atom is 0.129 e. The van der Waals surface area contributed by atoms with Crippen molar-refractivity contribution in [3.63, 3.8) is 0 Å². The predicted molar refractivity (Wildman–Crippen MR) is 93.0 cm³/mol. The second-order valence-electron chi connectivity index (χ2n) is 5.22. The van der Waals surface area contributed by atoms with E-state index in [0.717, 1.165) is 46.2 Å². The molecule has 2 aromatic carbocycles. The van der Waals surface area contributed by atoms with Gasteiger partial charge in [-0.1, -0.05) is 53.0 Å². The van der Waals surface area contributed by atoms with Gasteiger partial charge in [0, 0.05) is 16.1 Å². The van der Waals surface area contributed by atoms with E-state index in [1.165, 1.54) is 19.3 Å². The van der Waals surface area contributed by atoms with Crippen molar-refractivity contribution < 1.29 is 9.47 Å². The Morgan fingerprint density at radius 3 is 2.43 bits per heavy atom. The van der Waals surface area contributed by atoms with Crippen molar-refractivity contribution in [1.29, 1.82) is 0 Å². The van der Waals surface area contributed by atoms with Crippen molar-refractivity contribution in [2.75, 3.05) is 19.0 Å². The van der Waals surface area contributed by atoms with Crippen molar-refractivity contribution in [3.05, 3.63) is 35.9 Å². The zero-order valence-corrected chi connectivity index (χ0v) is 14.4. The maximum atomic E-state index is 6.01. The molecule has 0 bridgehead atoms. The van der Waals surface area contributed by atoms with Gasteiger partial charge in [-0.2, -0.15) is 0 Å². The summed E-state index contributed by atoms with van der Waals surface area (Å²) in [4.78, 5) is 0. The van der Waals surface area contributed by atoms with E-state index in [9.17, 15) is 0 Å². The Balaban J connectivity index is 2.09. The summed E-state index contributed by atoms with van der Waals surface area (Å²) in [5, 5.41) is 3.34. The van der Waals surface area contributed by atoms with Crippen LogP contribution in [-0.2, 0) is 0 Å². The molecule has 0 atom stereocenters. The quantitative estimate of drug-likeness (QED) is 0.462. The lowest BCUT2D eigenvalue weighted by atomic mass is 10.0. The Bertz CT molecular complexity index is 581. The fourth-order valence-electron chi connectivity index (χ4n) is 2.57. The minimum atomic E-state index is 0.776. The van der Waals surface area contributed by atoms with Gasteiger partial charge in [-0.05, 0) is 31.4 Å². The highest BCUT2D eigenvalue weighted by Gasteiger charge is 2.10. The fourth-order valence-corrected chi connectivity index (χ4v) is 2.97. The number of alkyl halides is 1. The first-order chi connectivity index (χ1) is 10.3. The molecule has 21 heavy (non-hydrogen) atoms. The largest absolute Gasteiger partial charge is 0.496 e. The van der Waals surface area contributed by atoms with Crippen LogP contribution in [0, 0.1) is 6.92 Å². The standard InChI is InChI=1S/C18H23BrO2/c1-14-13-17(21-12-8-4-3-7-11-19)15-9-5-6-10-16(15)18(14)20-2/h5-6,9-10,13H,3-4,7-8,11-12H2,1-2H3. The lowest BCUT2D eigenvalue weighted by molar-refractivity contribution is 0.308. The summed E-state index contributed by atoms with van der Waals surface area (Å²) in [6, 6.07) is 10.3. The summed E-state index contributed by atoms with van der Waals surface area (Å²) in [6.07, 6.45) is 4.83. The minimum absolute atomic E-state index is 0.776. The summed E-state index contributed by atoms with van der Waals surface area (Å²) in [5.41, 5.74) is 1.12. The predicted octanol–water partition coefficient (Wildman–Crippen LogP) is 5.49. The Labute approximate surface area is 135 Å². The van der Waals surface area contributed by atoms with Crippen LogP contribution in [0.3, 0.4) is 0 Å². The van der Waals surface area contributed by atoms with Gasteiger partial charge in [-0.3, -0.25) is 0 Å². The number of ether oxygens (including phenoxy) is 2. The van der Waals surface area contributed by atoms with Crippen molar-refractivity contribution in [3.8, 4) is 11.5 Å². The molecule has 0 heterocycles. The molecule has 2 nitrogen and oxygen atoms in total. The molecule has 0 unspecified atom stereocenters. The van der Waals surface area contributed by atoms with Crippen LogP contribution >= 0.6 is 15.9 Å². The smallest absolute Gasteiger partial charge is 0.129 e. The molecule has 0 saturated heterocycles. The normalized spacial score (nSPS) is 10.8. The fraction of sp³-hybridized carbons (Fsp3) is 0.444. The van der Waals surface area contributed by atoms with Crippen LogP contribution in [0.2, 0.25) is 0 Å². The van der Waals surface area contributed by atoms with E-state index in [2.05, 4.69) is 41.1 Å². The van der Waals surface area contributed by atoms with E-state index in [-0.39, 0.29) is 0 Å². The molecule has 0 radical (unpaired) electrons. The molecule has 0 aliphatic heterocycles. The van der Waals surface area contributed by atoms with E-state index < -0.39 is 0 Å². The van der Waals surface area contributed by atoms with Crippen LogP contribution in [0.1, 0.15) is 31.2 Å². The van der Waals surface area contributed by atoms with Gasteiger partial charge < -0.3 is 9.47 Å². The molecule has 2 aromatic rings. The third kappa shape index (κ3) is 4.13. The van der Waals surface area contributed by atoms with Gasteiger partial charge in [0.1, 0.15) is 11.5 Å². The van der Waals surface area contributed by atoms with Crippen LogP contribution in [0.25, 0.3) is 10.8 Å². The van der Waals surface area contributed by atoms with E-state index in [1.54, 1.807) is 7.11 Å². The molecule has 0 spiro atoms. The van der Waals surface area contributed by atoms with Crippen LogP contribution in [0.5, 0.6) is 11.5 Å². The van der Waals surface area contributed by atoms with Crippen LogP contribution in [0.4, 0.5) is 0 Å². The molecule has 2 rings (SSSR count). The van der Waals surface area contributed by atoms with Gasteiger partial charge in [0.25, 0.3) is 0 Å². The monoisotopic (exact) mass is 350 g/mol. The van der Waals surface area contributed by atoms with Gasteiger partial charge in [0.15, 0.2) is 0 Å². The summed E-state index contributed by atoms with van der Waals surface area (Å²) in [5.74, 6) is 1.90. The lowest BCUT2D eigenvalue weighted by Crippen LogP contribution is -1.99. The highest BCUT2D eigenvalue weighted by Crippen LogP contribution is 2.36. The first-order valence-corrected chi connectivity index (χ1v) is 8.65. The zero-order valence-electron chi connectivity index (χ0n) is 12.8. The average Bonchev–Trinajstić information content (AvgIpc) is 2.51. The molecule has 3 heteroatoms. The SMILES string of the molecule is COc1c(C)cc(OCCCCCCBr)c2ccccc12. The summed E-state index contributed by atoms with van der Waals surface area (Å²) < 4.78 is 11.5. The number of hydrogen-bond acceptors (Lipinski definition) is 2. The Morgan fingerprint density at radius 1 is 1.00 bits per heavy atom. The van der Waals surface area contributed by atoms with Gasteiger partial charge in [0.2, 0.25) is 0 Å². The number of unbranched alkanes of at least 4 members (excludes halogenated alkanes) is 3. The van der Waals surface area contributed by atoms with Crippen molar-refractivity contribution >= 4 is 26.7 Å². The number of halogens is 1. The van der Waals surface area contributed by atoms with E-state index in [4.69, 9.17) is 9.47 Å². The molecule has 0 fully saturated rings. The summed E-state index contributed by atoms with van der Waals surface area (Å²) >= 11 is 3.46. The molecule has 0 aliphatic rings. The second kappa shape index (κ2) is 8.28. The van der Waals surface area contributed by atoms with E-state index in [1.807, 2.05) is 12.1 Å². The highest BCUT2D eigenvalue weighted by molar-refractivity contribution is 9.09. The van der Waals surface area contributed by atoms with Crippen molar-refractivity contribution in [2.24, 2.45) is 0 Å². The number of fused-ring (bicyclic) bond motifs is 1. The number of methoxy groups -OCH3 is 1. The number of aryl methyl sites for hydroxylation is 1. The summed E-state index contributed by atoms with van der Waals surface area (Å²) in [7, 11) is 1.72. The number of benzene rings is 2.